The molecule has 7 nitrogen and oxygen atoms in total. The summed E-state index contributed by atoms with van der Waals surface area (Å²) in [6, 6.07) is 10.5. The predicted octanol–water partition coefficient (Wildman–Crippen LogP) is 8.66. The van der Waals surface area contributed by atoms with Crippen molar-refractivity contribution in [1.82, 2.24) is 0 Å². The number of rotatable bonds is 27. The van der Waals surface area contributed by atoms with Crippen LogP contribution in [0.25, 0.3) is 0 Å². The second-order valence-electron chi connectivity index (χ2n) is 14.0. The molecule has 3 aliphatic rings. The zero-order valence-electron chi connectivity index (χ0n) is 29.6. The summed E-state index contributed by atoms with van der Waals surface area (Å²) in [6.45, 7) is 11.5. The SMILES string of the molecule is CCCCCCCCCCCCCCCCOCC(COCCCC[N+]12CCC(CC1)CC2)OCc1ccccc1.CS(=O)(=O)[O-]. The number of benzene rings is 1. The average Bonchev–Trinajstić information content (AvgIpc) is 3.05. The van der Waals surface area contributed by atoms with Crippen LogP contribution >= 0.6 is 0 Å². The van der Waals surface area contributed by atoms with Gasteiger partial charge >= 0.3 is 0 Å². The summed E-state index contributed by atoms with van der Waals surface area (Å²) in [5.74, 6) is 1.04. The third-order valence-electron chi connectivity index (χ3n) is 9.78. The molecule has 0 spiro atoms. The first-order valence-corrected chi connectivity index (χ1v) is 20.7. The first-order chi connectivity index (χ1) is 22.3. The number of nitrogens with zero attached hydrogens (tertiary/aromatic N) is 1. The van der Waals surface area contributed by atoms with Gasteiger partial charge in [0.2, 0.25) is 0 Å². The Labute approximate surface area is 283 Å². The smallest absolute Gasteiger partial charge is 0.105 e. The molecule has 0 amide bonds. The topological polar surface area (TPSA) is 84.9 Å². The van der Waals surface area contributed by atoms with Crippen molar-refractivity contribution in [2.75, 3.05) is 58.9 Å². The molecule has 1 atom stereocenters. The second-order valence-corrected chi connectivity index (χ2v) is 15.5. The summed E-state index contributed by atoms with van der Waals surface area (Å²) in [7, 11) is -3.92. The van der Waals surface area contributed by atoms with Crippen molar-refractivity contribution in [2.24, 2.45) is 5.92 Å². The van der Waals surface area contributed by atoms with E-state index in [0.717, 1.165) is 32.0 Å². The maximum atomic E-state index is 9.08. The highest BCUT2D eigenvalue weighted by Gasteiger charge is 2.38. The molecule has 8 heteroatoms. The zero-order chi connectivity index (χ0) is 33.2. The Morgan fingerprint density at radius 3 is 1.63 bits per heavy atom. The van der Waals surface area contributed by atoms with Crippen LogP contribution in [-0.2, 0) is 30.9 Å². The lowest BCUT2D eigenvalue weighted by molar-refractivity contribution is -0.942. The molecule has 1 aromatic carbocycles. The van der Waals surface area contributed by atoms with Crippen LogP contribution < -0.4 is 0 Å². The molecule has 3 saturated heterocycles. The average molecular weight is 668 g/mol. The lowest BCUT2D eigenvalue weighted by atomic mass is 9.85. The summed E-state index contributed by atoms with van der Waals surface area (Å²) in [5.41, 5.74) is 1.21. The van der Waals surface area contributed by atoms with Crippen molar-refractivity contribution in [3.05, 3.63) is 35.9 Å². The van der Waals surface area contributed by atoms with E-state index in [1.807, 2.05) is 0 Å². The normalized spacial score (nSPS) is 19.9. The van der Waals surface area contributed by atoms with Crippen LogP contribution in [0.1, 0.15) is 134 Å². The van der Waals surface area contributed by atoms with Gasteiger partial charge in [-0.1, -0.05) is 121 Å². The van der Waals surface area contributed by atoms with Crippen molar-refractivity contribution in [2.45, 2.75) is 142 Å². The van der Waals surface area contributed by atoms with E-state index in [1.165, 1.54) is 145 Å². The van der Waals surface area contributed by atoms with Crippen LogP contribution in [0, 0.1) is 5.92 Å². The van der Waals surface area contributed by atoms with Gasteiger partial charge in [-0.25, -0.2) is 8.42 Å². The molecule has 268 valence electrons. The van der Waals surface area contributed by atoms with Gasteiger partial charge in [0.15, 0.2) is 0 Å². The molecule has 0 radical (unpaired) electrons. The molecule has 0 N–H and O–H groups in total. The maximum absolute atomic E-state index is 9.08. The van der Waals surface area contributed by atoms with Crippen molar-refractivity contribution in [1.29, 1.82) is 0 Å². The van der Waals surface area contributed by atoms with Crippen molar-refractivity contribution in [3.8, 4) is 0 Å². The minimum Gasteiger partial charge on any atom is -0.748 e. The van der Waals surface area contributed by atoms with E-state index in [4.69, 9.17) is 27.2 Å². The third-order valence-corrected chi connectivity index (χ3v) is 9.78. The first kappa shape index (κ1) is 41.1. The van der Waals surface area contributed by atoms with Gasteiger partial charge in [0.1, 0.15) is 6.10 Å². The molecule has 0 aliphatic carbocycles. The molecule has 4 rings (SSSR count). The van der Waals surface area contributed by atoms with Gasteiger partial charge in [-0.2, -0.15) is 0 Å². The molecule has 3 heterocycles. The number of fused-ring (bicyclic) bond motifs is 3. The Hall–Kier alpha value is -1.03. The number of hydrogen-bond donors (Lipinski definition) is 0. The molecular weight excluding hydrogens is 598 g/mol. The summed E-state index contributed by atoms with van der Waals surface area (Å²) in [6.07, 6.45) is 26.9. The largest absolute Gasteiger partial charge is 0.748 e. The molecule has 1 aromatic rings. The second kappa shape index (κ2) is 25.9. The fourth-order valence-corrected chi connectivity index (χ4v) is 6.89. The Morgan fingerprint density at radius 2 is 1.15 bits per heavy atom. The van der Waals surface area contributed by atoms with Crippen molar-refractivity contribution in [3.63, 3.8) is 0 Å². The summed E-state index contributed by atoms with van der Waals surface area (Å²) < 4.78 is 47.1. The molecule has 3 fully saturated rings. The summed E-state index contributed by atoms with van der Waals surface area (Å²) in [5, 5.41) is 0. The maximum Gasteiger partial charge on any atom is 0.105 e. The number of hydrogen-bond acceptors (Lipinski definition) is 6. The molecule has 1 unspecified atom stereocenters. The molecule has 0 saturated carbocycles. The van der Waals surface area contributed by atoms with Gasteiger partial charge in [-0.05, 0) is 50.0 Å². The lowest BCUT2D eigenvalue weighted by Crippen LogP contribution is -2.58. The minimum absolute atomic E-state index is 0.00449. The van der Waals surface area contributed by atoms with Crippen LogP contribution in [0.2, 0.25) is 0 Å². The Balaban J connectivity index is 0.00000136. The number of quaternary nitrogens is 1. The van der Waals surface area contributed by atoms with Gasteiger partial charge in [-0.15, -0.1) is 0 Å². The van der Waals surface area contributed by atoms with E-state index in [9.17, 15) is 0 Å². The molecule has 3 aliphatic heterocycles. The number of piperidine rings is 3. The van der Waals surface area contributed by atoms with E-state index in [1.54, 1.807) is 0 Å². The van der Waals surface area contributed by atoms with Crippen LogP contribution in [-0.4, -0.2) is 82.4 Å². The van der Waals surface area contributed by atoms with Crippen molar-refractivity contribution >= 4 is 10.1 Å². The molecule has 2 bridgehead atoms. The lowest BCUT2D eigenvalue weighted by Gasteiger charge is -2.49. The predicted molar refractivity (Wildman–Crippen MR) is 189 cm³/mol. The van der Waals surface area contributed by atoms with E-state index < -0.39 is 10.1 Å². The highest BCUT2D eigenvalue weighted by molar-refractivity contribution is 7.84. The van der Waals surface area contributed by atoms with E-state index in [0.29, 0.717) is 26.1 Å². The quantitative estimate of drug-likeness (QED) is 0.0530. The van der Waals surface area contributed by atoms with Crippen LogP contribution in [0.3, 0.4) is 0 Å². The molecule has 0 aromatic heterocycles. The standard InChI is InChI=1S/C37H66NO3.CH4O3S/c1-2-3-4-5-6-7-8-9-10-11-12-13-14-19-30-39-33-37(41-32-36-21-16-15-17-22-36)34-40-31-20-18-26-38-27-23-35(24-28-38)25-29-38;1-5(2,3)4/h15-17,21-22,35,37H,2-14,18-20,23-34H2,1H3;1H3,(H,2,3,4)/q+1;/p-1. The Bertz CT molecular complexity index is 914. The van der Waals surface area contributed by atoms with E-state index >= 15 is 0 Å². The van der Waals surface area contributed by atoms with E-state index in [-0.39, 0.29) is 6.10 Å². The highest BCUT2D eigenvalue weighted by atomic mass is 32.2. The summed E-state index contributed by atoms with van der Waals surface area (Å²) >= 11 is 0. The van der Waals surface area contributed by atoms with E-state index in [2.05, 4.69) is 37.3 Å². The van der Waals surface area contributed by atoms with Gasteiger partial charge in [-0.3, -0.25) is 0 Å². The van der Waals surface area contributed by atoms with Gasteiger partial charge in [0.25, 0.3) is 0 Å². The van der Waals surface area contributed by atoms with Gasteiger partial charge < -0.3 is 23.2 Å². The number of ether oxygens (including phenoxy) is 3. The van der Waals surface area contributed by atoms with Crippen LogP contribution in [0.5, 0.6) is 0 Å². The summed E-state index contributed by atoms with van der Waals surface area (Å²) in [4.78, 5) is 0. The molecular formula is C38H69NO6S. The Kier molecular flexibility index (Phi) is 23.2. The van der Waals surface area contributed by atoms with Crippen molar-refractivity contribution < 1.29 is 31.7 Å². The highest BCUT2D eigenvalue weighted by Crippen LogP contribution is 2.33. The molecule has 46 heavy (non-hydrogen) atoms. The Morgan fingerprint density at radius 1 is 0.717 bits per heavy atom. The first-order valence-electron chi connectivity index (χ1n) is 18.9. The zero-order valence-corrected chi connectivity index (χ0v) is 30.5. The fourth-order valence-electron chi connectivity index (χ4n) is 6.89. The number of unbranched alkanes of at least 4 members (excludes halogenated alkanes) is 14. The third kappa shape index (κ3) is 22.5. The van der Waals surface area contributed by atoms with Gasteiger partial charge in [0.05, 0.1) is 56.1 Å². The van der Waals surface area contributed by atoms with Gasteiger partial charge in [0, 0.05) is 19.5 Å². The monoisotopic (exact) mass is 667 g/mol. The minimum atomic E-state index is -3.92. The van der Waals surface area contributed by atoms with Crippen LogP contribution in [0.15, 0.2) is 30.3 Å². The fraction of sp³-hybridized carbons (Fsp3) is 0.842. The van der Waals surface area contributed by atoms with Crippen LogP contribution in [0.4, 0.5) is 0 Å².